The molecule has 1 aromatic carbocycles. The van der Waals surface area contributed by atoms with Gasteiger partial charge in [0.15, 0.2) is 0 Å². The molecule has 0 saturated carbocycles. The molecule has 4 heteroatoms. The van der Waals surface area contributed by atoms with Crippen LogP contribution in [0.1, 0.15) is 12.8 Å². The van der Waals surface area contributed by atoms with Gasteiger partial charge in [-0.3, -0.25) is 0 Å². The van der Waals surface area contributed by atoms with Crippen molar-refractivity contribution in [3.8, 4) is 5.75 Å². The van der Waals surface area contributed by atoms with Gasteiger partial charge in [0, 0.05) is 19.3 Å². The van der Waals surface area contributed by atoms with E-state index < -0.39 is 0 Å². The first-order valence-electron chi connectivity index (χ1n) is 6.46. The number of rotatable bonds is 5. The average molecular weight is 269 g/mol. The van der Waals surface area contributed by atoms with Crippen molar-refractivity contribution in [2.45, 2.75) is 12.8 Å². The fraction of sp³-hybridized carbons (Fsp3) is 0.571. The van der Waals surface area contributed by atoms with Crippen LogP contribution in [-0.4, -0.2) is 33.8 Å². The number of nitrogens with one attached hydrogen (secondary N) is 1. The van der Waals surface area contributed by atoms with Crippen molar-refractivity contribution in [3.63, 3.8) is 0 Å². The minimum atomic E-state index is 0.671. The quantitative estimate of drug-likeness (QED) is 0.889. The van der Waals surface area contributed by atoms with Crippen molar-refractivity contribution in [2.75, 3.05) is 38.7 Å². The van der Waals surface area contributed by atoms with E-state index in [1.807, 2.05) is 12.1 Å². The van der Waals surface area contributed by atoms with Crippen LogP contribution in [0.25, 0.3) is 0 Å². The lowest BCUT2D eigenvalue weighted by atomic mass is 10.0. The highest BCUT2D eigenvalue weighted by Gasteiger charge is 2.15. The van der Waals surface area contributed by atoms with Gasteiger partial charge < -0.3 is 15.0 Å². The molecule has 1 atom stereocenters. The number of benzene rings is 1. The topological polar surface area (TPSA) is 24.5 Å². The Hall–Kier alpha value is -0.930. The molecule has 3 nitrogen and oxygen atoms in total. The lowest BCUT2D eigenvalue weighted by Crippen LogP contribution is -2.21. The van der Waals surface area contributed by atoms with Gasteiger partial charge in [0.1, 0.15) is 5.75 Å². The van der Waals surface area contributed by atoms with Crippen LogP contribution in [0.3, 0.4) is 0 Å². The maximum absolute atomic E-state index is 6.14. The number of methoxy groups -OCH3 is 1. The predicted octanol–water partition coefficient (Wildman–Crippen LogP) is 2.78. The molecule has 0 bridgehead atoms. The van der Waals surface area contributed by atoms with Crippen LogP contribution >= 0.6 is 11.6 Å². The molecule has 100 valence electrons. The Kier molecular flexibility index (Phi) is 4.72. The van der Waals surface area contributed by atoms with Gasteiger partial charge in [0.25, 0.3) is 0 Å². The Balaban J connectivity index is 1.91. The second-order valence-corrected chi connectivity index (χ2v) is 5.30. The van der Waals surface area contributed by atoms with Crippen LogP contribution in [0.2, 0.25) is 5.02 Å². The van der Waals surface area contributed by atoms with Crippen LogP contribution in [0.5, 0.6) is 5.75 Å². The van der Waals surface area contributed by atoms with Crippen LogP contribution in [0.4, 0.5) is 5.69 Å². The van der Waals surface area contributed by atoms with Crippen molar-refractivity contribution in [2.24, 2.45) is 5.92 Å². The molecule has 1 aliphatic rings. The van der Waals surface area contributed by atoms with Crippen molar-refractivity contribution in [1.82, 2.24) is 5.32 Å². The monoisotopic (exact) mass is 268 g/mol. The summed E-state index contributed by atoms with van der Waals surface area (Å²) in [6.07, 6.45) is 2.53. The van der Waals surface area contributed by atoms with E-state index in [9.17, 15) is 0 Å². The number of hydrogen-bond acceptors (Lipinski definition) is 3. The minimum absolute atomic E-state index is 0.671. The number of nitrogens with zero attached hydrogens (tertiary/aromatic N) is 1. The molecule has 2 rings (SSSR count). The van der Waals surface area contributed by atoms with Crippen LogP contribution in [0, 0.1) is 5.92 Å². The van der Waals surface area contributed by atoms with Crippen molar-refractivity contribution >= 4 is 17.3 Å². The van der Waals surface area contributed by atoms with E-state index in [-0.39, 0.29) is 0 Å². The predicted molar refractivity (Wildman–Crippen MR) is 76.9 cm³/mol. The van der Waals surface area contributed by atoms with E-state index in [0.717, 1.165) is 30.4 Å². The maximum atomic E-state index is 6.14. The zero-order chi connectivity index (χ0) is 13.0. The summed E-state index contributed by atoms with van der Waals surface area (Å²) in [5.74, 6) is 1.55. The number of anilines is 1. The van der Waals surface area contributed by atoms with E-state index in [0.29, 0.717) is 5.02 Å². The second-order valence-electron chi connectivity index (χ2n) is 4.89. The summed E-state index contributed by atoms with van der Waals surface area (Å²) in [7, 11) is 3.75. The molecule has 0 spiro atoms. The van der Waals surface area contributed by atoms with Gasteiger partial charge in [0.2, 0.25) is 0 Å². The fourth-order valence-electron chi connectivity index (χ4n) is 2.36. The fourth-order valence-corrected chi connectivity index (χ4v) is 2.61. The van der Waals surface area contributed by atoms with Gasteiger partial charge in [-0.15, -0.1) is 0 Å². The highest BCUT2D eigenvalue weighted by Crippen LogP contribution is 2.29. The first-order valence-corrected chi connectivity index (χ1v) is 6.84. The van der Waals surface area contributed by atoms with Crippen LogP contribution < -0.4 is 15.0 Å². The zero-order valence-electron chi connectivity index (χ0n) is 11.1. The van der Waals surface area contributed by atoms with Gasteiger partial charge in [-0.2, -0.15) is 0 Å². The molecule has 1 heterocycles. The molecule has 1 aromatic rings. The summed E-state index contributed by atoms with van der Waals surface area (Å²) in [5.41, 5.74) is 1.15. The minimum Gasteiger partial charge on any atom is -0.495 e. The van der Waals surface area contributed by atoms with E-state index in [1.54, 1.807) is 7.11 Å². The number of ether oxygens (including phenoxy) is 1. The number of hydrogen-bond donors (Lipinski definition) is 1. The van der Waals surface area contributed by atoms with Crippen molar-refractivity contribution in [3.05, 3.63) is 23.2 Å². The second kappa shape index (κ2) is 6.30. The molecule has 1 unspecified atom stereocenters. The summed E-state index contributed by atoms with van der Waals surface area (Å²) < 4.78 is 5.16. The van der Waals surface area contributed by atoms with Gasteiger partial charge >= 0.3 is 0 Å². The third-order valence-corrected chi connectivity index (χ3v) is 3.91. The van der Waals surface area contributed by atoms with Gasteiger partial charge in [0.05, 0.1) is 12.1 Å². The molecule has 0 amide bonds. The third-order valence-electron chi connectivity index (χ3n) is 3.61. The van der Waals surface area contributed by atoms with E-state index in [2.05, 4.69) is 23.3 Å². The molecule has 1 saturated heterocycles. The highest BCUT2D eigenvalue weighted by molar-refractivity contribution is 6.32. The molecule has 1 N–H and O–H groups in total. The molecule has 0 radical (unpaired) electrons. The van der Waals surface area contributed by atoms with E-state index in [4.69, 9.17) is 16.3 Å². The molecule has 1 fully saturated rings. The average Bonchev–Trinajstić information content (AvgIpc) is 2.89. The lowest BCUT2D eigenvalue weighted by Gasteiger charge is -2.21. The van der Waals surface area contributed by atoms with Crippen molar-refractivity contribution in [1.29, 1.82) is 0 Å². The molecule has 18 heavy (non-hydrogen) atoms. The Labute approximate surface area is 114 Å². The molecule has 1 aliphatic heterocycles. The van der Waals surface area contributed by atoms with E-state index in [1.165, 1.54) is 19.4 Å². The van der Waals surface area contributed by atoms with Gasteiger partial charge in [-0.1, -0.05) is 11.6 Å². The smallest absolute Gasteiger partial charge is 0.137 e. The Bertz CT molecular complexity index is 391. The molecule has 0 aliphatic carbocycles. The first kappa shape index (κ1) is 13.5. The summed E-state index contributed by atoms with van der Waals surface area (Å²) in [6, 6.07) is 5.94. The summed E-state index contributed by atoms with van der Waals surface area (Å²) in [4.78, 5) is 2.25. The summed E-state index contributed by atoms with van der Waals surface area (Å²) >= 11 is 6.14. The standard InChI is InChI=1S/C14H21ClN2O/c1-17(8-6-11-5-7-16-10-11)12-3-4-14(18-2)13(15)9-12/h3-4,9,11,16H,5-8,10H2,1-2H3. The Morgan fingerprint density at radius 1 is 1.50 bits per heavy atom. The SMILES string of the molecule is COc1ccc(N(C)CCC2CCNC2)cc1Cl. The lowest BCUT2D eigenvalue weighted by molar-refractivity contribution is 0.415. The van der Waals surface area contributed by atoms with Gasteiger partial charge in [-0.25, -0.2) is 0 Å². The summed E-state index contributed by atoms with van der Waals surface area (Å²) in [6.45, 7) is 3.40. The Morgan fingerprint density at radius 3 is 2.94 bits per heavy atom. The molecular weight excluding hydrogens is 248 g/mol. The molecule has 0 aromatic heterocycles. The van der Waals surface area contributed by atoms with Crippen LogP contribution in [0.15, 0.2) is 18.2 Å². The third kappa shape index (κ3) is 3.30. The normalized spacial score (nSPS) is 18.9. The van der Waals surface area contributed by atoms with Gasteiger partial charge in [-0.05, 0) is 50.0 Å². The van der Waals surface area contributed by atoms with Crippen LogP contribution in [-0.2, 0) is 0 Å². The van der Waals surface area contributed by atoms with Crippen molar-refractivity contribution < 1.29 is 4.74 Å². The maximum Gasteiger partial charge on any atom is 0.137 e. The Morgan fingerprint density at radius 2 is 2.33 bits per heavy atom. The number of halogens is 1. The molecular formula is C14H21ClN2O. The first-order chi connectivity index (χ1) is 8.70. The largest absolute Gasteiger partial charge is 0.495 e. The highest BCUT2D eigenvalue weighted by atomic mass is 35.5. The van der Waals surface area contributed by atoms with E-state index >= 15 is 0 Å². The zero-order valence-corrected chi connectivity index (χ0v) is 11.8. The summed E-state index contributed by atoms with van der Waals surface area (Å²) in [5, 5.41) is 4.07.